The van der Waals surface area contributed by atoms with Gasteiger partial charge in [0.2, 0.25) is 0 Å². The van der Waals surface area contributed by atoms with Crippen LogP contribution in [0.1, 0.15) is 29.4 Å². The minimum atomic E-state index is -0.922. The van der Waals surface area contributed by atoms with Gasteiger partial charge in [-0.2, -0.15) is 11.8 Å². The monoisotopic (exact) mass is 266 g/mol. The molecular formula is C13H18N2O2S. The summed E-state index contributed by atoms with van der Waals surface area (Å²) in [5.41, 5.74) is 1.20. The van der Waals surface area contributed by atoms with Crippen LogP contribution in [0.5, 0.6) is 0 Å². The molecule has 2 heterocycles. The molecule has 1 aliphatic rings. The largest absolute Gasteiger partial charge is 0.478 e. The highest BCUT2D eigenvalue weighted by Gasteiger charge is 2.19. The zero-order chi connectivity index (χ0) is 13.0. The number of rotatable bonds is 4. The van der Waals surface area contributed by atoms with E-state index in [4.69, 9.17) is 5.11 Å². The smallest absolute Gasteiger partial charge is 0.337 e. The Bertz CT molecular complexity index is 408. The number of hydrogen-bond acceptors (Lipinski definition) is 4. The summed E-state index contributed by atoms with van der Waals surface area (Å²) >= 11 is 2.04. The maximum Gasteiger partial charge on any atom is 0.337 e. The van der Waals surface area contributed by atoms with Crippen LogP contribution in [0.4, 0.5) is 0 Å². The maximum atomic E-state index is 10.7. The van der Waals surface area contributed by atoms with E-state index in [0.717, 1.165) is 30.6 Å². The van der Waals surface area contributed by atoms with Gasteiger partial charge in [0.25, 0.3) is 0 Å². The Hall–Kier alpha value is -1.07. The average Bonchev–Trinajstić information content (AvgIpc) is 2.39. The van der Waals surface area contributed by atoms with Crippen molar-refractivity contribution in [3.63, 3.8) is 0 Å². The van der Waals surface area contributed by atoms with E-state index < -0.39 is 5.97 Å². The van der Waals surface area contributed by atoms with Gasteiger partial charge in [0.15, 0.2) is 0 Å². The van der Waals surface area contributed by atoms with Crippen molar-refractivity contribution < 1.29 is 9.90 Å². The lowest BCUT2D eigenvalue weighted by Crippen LogP contribution is -2.37. The third-order valence-corrected chi connectivity index (χ3v) is 4.51. The second-order valence-electron chi connectivity index (χ2n) is 4.48. The summed E-state index contributed by atoms with van der Waals surface area (Å²) in [5.74, 6) is 0.251. The van der Waals surface area contributed by atoms with E-state index in [9.17, 15) is 4.79 Å². The standard InChI is InChI=1S/C13H18N2O2S/c1-2-12-9-15(5-6-18-12)8-11-4-3-10(7-14-11)13(16)17/h3-4,7,12H,2,5-6,8-9H2,1H3,(H,16,17). The Morgan fingerprint density at radius 2 is 2.44 bits per heavy atom. The molecule has 1 fully saturated rings. The van der Waals surface area contributed by atoms with Gasteiger partial charge >= 0.3 is 5.97 Å². The number of hydrogen-bond donors (Lipinski definition) is 1. The molecule has 1 aromatic heterocycles. The van der Waals surface area contributed by atoms with Crippen molar-refractivity contribution in [2.75, 3.05) is 18.8 Å². The molecule has 0 bridgehead atoms. The third kappa shape index (κ3) is 3.46. The second kappa shape index (κ2) is 6.20. The number of carbonyl (C=O) groups is 1. The molecule has 1 unspecified atom stereocenters. The van der Waals surface area contributed by atoms with Gasteiger partial charge in [-0.3, -0.25) is 9.88 Å². The van der Waals surface area contributed by atoms with Crippen molar-refractivity contribution in [1.29, 1.82) is 0 Å². The van der Waals surface area contributed by atoms with Crippen LogP contribution >= 0.6 is 11.8 Å². The molecule has 98 valence electrons. The number of thioether (sulfide) groups is 1. The summed E-state index contributed by atoms with van der Waals surface area (Å²) in [6.07, 6.45) is 2.64. The van der Waals surface area contributed by atoms with Gasteiger partial charge in [0.1, 0.15) is 0 Å². The number of aromatic nitrogens is 1. The van der Waals surface area contributed by atoms with Crippen LogP contribution in [0, 0.1) is 0 Å². The normalized spacial score (nSPS) is 20.8. The van der Waals surface area contributed by atoms with Gasteiger partial charge in [-0.1, -0.05) is 6.92 Å². The first-order chi connectivity index (χ1) is 8.69. The summed E-state index contributed by atoms with van der Waals surface area (Å²) in [7, 11) is 0. The molecule has 1 N–H and O–H groups in total. The average molecular weight is 266 g/mol. The Morgan fingerprint density at radius 1 is 1.61 bits per heavy atom. The molecule has 0 amide bonds. The van der Waals surface area contributed by atoms with Crippen LogP contribution in [0.3, 0.4) is 0 Å². The first kappa shape index (κ1) is 13.4. The highest BCUT2D eigenvalue weighted by Crippen LogP contribution is 2.22. The van der Waals surface area contributed by atoms with Crippen LogP contribution < -0.4 is 0 Å². The SMILES string of the molecule is CCC1CN(Cc2ccc(C(=O)O)cn2)CCS1. The fourth-order valence-corrected chi connectivity index (χ4v) is 3.29. The van der Waals surface area contributed by atoms with Crippen LogP contribution in [0.25, 0.3) is 0 Å². The minimum Gasteiger partial charge on any atom is -0.478 e. The molecule has 5 heteroatoms. The molecule has 4 nitrogen and oxygen atoms in total. The van der Waals surface area contributed by atoms with E-state index in [-0.39, 0.29) is 5.56 Å². The van der Waals surface area contributed by atoms with Crippen molar-refractivity contribution in [1.82, 2.24) is 9.88 Å². The van der Waals surface area contributed by atoms with Crippen LogP contribution in [-0.4, -0.2) is 45.1 Å². The molecule has 1 aliphatic heterocycles. The zero-order valence-electron chi connectivity index (χ0n) is 10.5. The topological polar surface area (TPSA) is 53.4 Å². The molecule has 1 atom stereocenters. The molecule has 1 aromatic rings. The highest BCUT2D eigenvalue weighted by atomic mass is 32.2. The fraction of sp³-hybridized carbons (Fsp3) is 0.538. The Labute approximate surface area is 111 Å². The summed E-state index contributed by atoms with van der Waals surface area (Å²) < 4.78 is 0. The summed E-state index contributed by atoms with van der Waals surface area (Å²) in [4.78, 5) is 17.3. The summed E-state index contributed by atoms with van der Waals surface area (Å²) in [6.45, 7) is 5.23. The van der Waals surface area contributed by atoms with Gasteiger partial charge in [-0.25, -0.2) is 4.79 Å². The zero-order valence-corrected chi connectivity index (χ0v) is 11.3. The Balaban J connectivity index is 1.94. The van der Waals surface area contributed by atoms with Crippen molar-refractivity contribution >= 4 is 17.7 Å². The number of aromatic carboxylic acids is 1. The first-order valence-electron chi connectivity index (χ1n) is 6.21. The minimum absolute atomic E-state index is 0.249. The Kier molecular flexibility index (Phi) is 4.60. The van der Waals surface area contributed by atoms with Crippen molar-refractivity contribution in [3.8, 4) is 0 Å². The van der Waals surface area contributed by atoms with Crippen molar-refractivity contribution in [3.05, 3.63) is 29.6 Å². The van der Waals surface area contributed by atoms with Gasteiger partial charge < -0.3 is 5.11 Å². The number of carboxylic acid groups (broad SMARTS) is 1. The predicted molar refractivity (Wildman–Crippen MR) is 73.0 cm³/mol. The highest BCUT2D eigenvalue weighted by molar-refractivity contribution is 8.00. The molecule has 0 aliphatic carbocycles. The lowest BCUT2D eigenvalue weighted by molar-refractivity contribution is 0.0696. The van der Waals surface area contributed by atoms with Crippen molar-refractivity contribution in [2.24, 2.45) is 0 Å². The second-order valence-corrected chi connectivity index (χ2v) is 5.89. The summed E-state index contributed by atoms with van der Waals surface area (Å²) in [6, 6.07) is 3.44. The van der Waals surface area contributed by atoms with E-state index in [1.54, 1.807) is 6.07 Å². The van der Waals surface area contributed by atoms with Gasteiger partial charge in [-0.15, -0.1) is 0 Å². The van der Waals surface area contributed by atoms with E-state index in [0.29, 0.717) is 0 Å². The number of nitrogens with zero attached hydrogens (tertiary/aromatic N) is 2. The first-order valence-corrected chi connectivity index (χ1v) is 7.26. The number of pyridine rings is 1. The molecule has 0 aromatic carbocycles. The van der Waals surface area contributed by atoms with Crippen molar-refractivity contribution in [2.45, 2.75) is 25.1 Å². The van der Waals surface area contributed by atoms with E-state index >= 15 is 0 Å². The molecule has 2 rings (SSSR count). The molecule has 0 saturated carbocycles. The van der Waals surface area contributed by atoms with Crippen LogP contribution in [0.2, 0.25) is 0 Å². The lowest BCUT2D eigenvalue weighted by atomic mass is 10.2. The van der Waals surface area contributed by atoms with Crippen LogP contribution in [0.15, 0.2) is 18.3 Å². The van der Waals surface area contributed by atoms with Gasteiger partial charge in [-0.05, 0) is 18.6 Å². The van der Waals surface area contributed by atoms with E-state index in [2.05, 4.69) is 16.8 Å². The maximum absolute atomic E-state index is 10.7. The number of carboxylic acids is 1. The third-order valence-electron chi connectivity index (χ3n) is 3.14. The molecule has 0 radical (unpaired) electrons. The quantitative estimate of drug-likeness (QED) is 0.904. The molecular weight excluding hydrogens is 248 g/mol. The predicted octanol–water partition coefficient (Wildman–Crippen LogP) is 2.11. The molecule has 0 spiro atoms. The van der Waals surface area contributed by atoms with E-state index in [1.807, 2.05) is 17.8 Å². The van der Waals surface area contributed by atoms with Crippen LogP contribution in [-0.2, 0) is 6.54 Å². The molecule has 1 saturated heterocycles. The lowest BCUT2D eigenvalue weighted by Gasteiger charge is -2.31. The summed E-state index contributed by atoms with van der Waals surface area (Å²) in [5, 5.41) is 9.53. The van der Waals surface area contributed by atoms with E-state index in [1.165, 1.54) is 18.4 Å². The fourth-order valence-electron chi connectivity index (χ4n) is 2.04. The Morgan fingerprint density at radius 3 is 3.06 bits per heavy atom. The van der Waals surface area contributed by atoms with Gasteiger partial charge in [0.05, 0.1) is 11.3 Å². The van der Waals surface area contributed by atoms with Gasteiger partial charge in [0, 0.05) is 36.8 Å². The molecule has 18 heavy (non-hydrogen) atoms.